The van der Waals surface area contributed by atoms with Crippen LogP contribution in [-0.4, -0.2) is 38.6 Å². The summed E-state index contributed by atoms with van der Waals surface area (Å²) in [5.74, 6) is 0. The Balaban J connectivity index is 0. The zero-order chi connectivity index (χ0) is 25.7. The summed E-state index contributed by atoms with van der Waals surface area (Å²) < 4.78 is 0. The van der Waals surface area contributed by atoms with E-state index >= 15 is 0 Å². The van der Waals surface area contributed by atoms with Crippen LogP contribution in [0.3, 0.4) is 0 Å². The van der Waals surface area contributed by atoms with Gasteiger partial charge in [-0.05, 0) is 37.3 Å². The van der Waals surface area contributed by atoms with E-state index in [9.17, 15) is 5.11 Å². The van der Waals surface area contributed by atoms with Crippen molar-refractivity contribution in [3.63, 3.8) is 0 Å². The lowest BCUT2D eigenvalue weighted by molar-refractivity contribution is 0.326. The number of aliphatic hydroxyl groups is 2. The standard InChI is InChI=1S/C27H55NOS.CH3NOS/c1-3-5-7-9-11-13-15-17-19-21-23-25-28(27(29)30)26-24-22-20-18-16-14-12-10-8-6-4-2;2-1(3)4/h3-26H2,1-2H3,(H,29,30);(H3,2,3,4). The van der Waals surface area contributed by atoms with E-state index in [0.29, 0.717) is 0 Å². The highest BCUT2D eigenvalue weighted by molar-refractivity contribution is 7.80. The molecule has 0 aromatic carbocycles. The Hall–Kier alpha value is -0.620. The Morgan fingerprint density at radius 2 is 0.706 bits per heavy atom. The third kappa shape index (κ3) is 33.6. The van der Waals surface area contributed by atoms with Crippen LogP contribution in [0.15, 0.2) is 0 Å². The molecule has 0 rings (SSSR count). The maximum atomic E-state index is 9.79. The first kappa shape index (κ1) is 35.5. The van der Waals surface area contributed by atoms with Gasteiger partial charge in [-0.1, -0.05) is 142 Å². The minimum Gasteiger partial charge on any atom is -0.487 e. The van der Waals surface area contributed by atoms with Crippen LogP contribution in [0.2, 0.25) is 0 Å². The molecule has 34 heavy (non-hydrogen) atoms. The van der Waals surface area contributed by atoms with Crippen molar-refractivity contribution in [1.29, 1.82) is 0 Å². The van der Waals surface area contributed by atoms with Gasteiger partial charge in [0.1, 0.15) is 0 Å². The van der Waals surface area contributed by atoms with Gasteiger partial charge in [-0.2, -0.15) is 0 Å². The number of nitrogens with two attached hydrogens (primary N) is 1. The van der Waals surface area contributed by atoms with E-state index in [1.54, 1.807) is 0 Å². The lowest BCUT2D eigenvalue weighted by Gasteiger charge is -2.21. The molecule has 0 aliphatic rings. The number of thiocarbonyl (C=S) groups is 2. The molecule has 0 aromatic rings. The molecular weight excluding hydrogens is 460 g/mol. The van der Waals surface area contributed by atoms with Crippen molar-refractivity contribution >= 4 is 34.8 Å². The maximum absolute atomic E-state index is 9.79. The van der Waals surface area contributed by atoms with Gasteiger partial charge < -0.3 is 20.8 Å². The quantitative estimate of drug-likeness (QED) is 0.0872. The molecule has 204 valence electrons. The zero-order valence-corrected chi connectivity index (χ0v) is 24.3. The molecule has 0 unspecified atom stereocenters. The minimum atomic E-state index is -0.500. The van der Waals surface area contributed by atoms with Gasteiger partial charge >= 0.3 is 0 Å². The summed E-state index contributed by atoms with van der Waals surface area (Å²) in [4.78, 5) is 2.02. The lowest BCUT2D eigenvalue weighted by atomic mass is 10.1. The molecule has 0 aliphatic heterocycles. The molecule has 4 N–H and O–H groups in total. The first-order chi connectivity index (χ1) is 16.5. The van der Waals surface area contributed by atoms with Gasteiger partial charge in [0.05, 0.1) is 0 Å². The van der Waals surface area contributed by atoms with Crippen molar-refractivity contribution in [3.05, 3.63) is 0 Å². The highest BCUT2D eigenvalue weighted by Crippen LogP contribution is 2.13. The molecule has 0 saturated heterocycles. The van der Waals surface area contributed by atoms with Crippen molar-refractivity contribution in [2.24, 2.45) is 5.73 Å². The second kappa shape index (κ2) is 30.4. The van der Waals surface area contributed by atoms with Crippen LogP contribution < -0.4 is 5.73 Å². The highest BCUT2D eigenvalue weighted by atomic mass is 32.1. The first-order valence-corrected chi connectivity index (χ1v) is 15.2. The molecule has 6 heteroatoms. The van der Waals surface area contributed by atoms with E-state index < -0.39 is 5.17 Å². The molecule has 0 bridgehead atoms. The SMILES string of the molecule is CCCCCCCCCCCCCN(CCCCCCCCCCCCC)C(O)=S.NC(O)=S. The van der Waals surface area contributed by atoms with Gasteiger partial charge in [-0.3, -0.25) is 0 Å². The Morgan fingerprint density at radius 1 is 0.500 bits per heavy atom. The predicted octanol–water partition coefficient (Wildman–Crippen LogP) is 9.54. The lowest BCUT2D eigenvalue weighted by Crippen LogP contribution is -2.31. The van der Waals surface area contributed by atoms with Crippen molar-refractivity contribution in [1.82, 2.24) is 4.90 Å². The number of nitrogens with zero attached hydrogens (tertiary/aromatic N) is 1. The molecule has 0 saturated carbocycles. The molecule has 0 radical (unpaired) electrons. The minimum absolute atomic E-state index is 0.106. The second-order valence-corrected chi connectivity index (χ2v) is 10.5. The Bertz CT molecular complexity index is 407. The number of aliphatic hydroxyl groups excluding tert-OH is 2. The van der Waals surface area contributed by atoms with Crippen molar-refractivity contribution in [2.45, 2.75) is 155 Å². The number of unbranched alkanes of at least 4 members (excludes halogenated alkanes) is 20. The summed E-state index contributed by atoms with van der Waals surface area (Å²) in [5, 5.41) is 17.0. The second-order valence-electron chi connectivity index (χ2n) is 9.68. The predicted molar refractivity (Wildman–Crippen MR) is 159 cm³/mol. The Labute approximate surface area is 223 Å². The van der Waals surface area contributed by atoms with Crippen molar-refractivity contribution < 1.29 is 10.2 Å². The maximum Gasteiger partial charge on any atom is 0.256 e. The molecule has 0 heterocycles. The van der Waals surface area contributed by atoms with E-state index in [2.05, 4.69) is 31.8 Å². The van der Waals surface area contributed by atoms with E-state index in [4.69, 9.17) is 17.3 Å². The summed E-state index contributed by atoms with van der Waals surface area (Å²) in [7, 11) is 0. The van der Waals surface area contributed by atoms with Crippen LogP contribution in [0.25, 0.3) is 0 Å². The van der Waals surface area contributed by atoms with E-state index in [-0.39, 0.29) is 5.17 Å². The van der Waals surface area contributed by atoms with Gasteiger partial charge in [0.2, 0.25) is 0 Å². The molecule has 0 amide bonds. The van der Waals surface area contributed by atoms with E-state index in [1.807, 2.05) is 4.90 Å². The molecule has 0 atom stereocenters. The fraction of sp³-hybridized carbons (Fsp3) is 0.929. The van der Waals surface area contributed by atoms with Crippen LogP contribution in [0.1, 0.15) is 155 Å². The zero-order valence-electron chi connectivity index (χ0n) is 22.7. The van der Waals surface area contributed by atoms with E-state index in [0.717, 1.165) is 25.9 Å². The summed E-state index contributed by atoms with van der Waals surface area (Å²) in [5.41, 5.74) is 4.40. The van der Waals surface area contributed by atoms with Gasteiger partial charge in [0, 0.05) is 13.1 Å². The van der Waals surface area contributed by atoms with Gasteiger partial charge in [0.15, 0.2) is 0 Å². The first-order valence-electron chi connectivity index (χ1n) is 14.4. The van der Waals surface area contributed by atoms with Crippen molar-refractivity contribution in [3.8, 4) is 0 Å². The Morgan fingerprint density at radius 3 is 0.912 bits per heavy atom. The third-order valence-electron chi connectivity index (χ3n) is 6.33. The fourth-order valence-electron chi connectivity index (χ4n) is 4.24. The number of hydrogen-bond donors (Lipinski definition) is 3. The smallest absolute Gasteiger partial charge is 0.256 e. The molecular formula is C28H58N2O2S2. The van der Waals surface area contributed by atoms with Crippen LogP contribution in [-0.2, 0) is 0 Å². The van der Waals surface area contributed by atoms with Gasteiger partial charge in [0.25, 0.3) is 10.3 Å². The average molecular weight is 519 g/mol. The van der Waals surface area contributed by atoms with Crippen LogP contribution in [0, 0.1) is 0 Å². The third-order valence-corrected chi connectivity index (χ3v) is 6.59. The summed E-state index contributed by atoms with van der Waals surface area (Å²) >= 11 is 8.93. The average Bonchev–Trinajstić information content (AvgIpc) is 2.79. The monoisotopic (exact) mass is 518 g/mol. The highest BCUT2D eigenvalue weighted by Gasteiger charge is 2.07. The largest absolute Gasteiger partial charge is 0.487 e. The summed E-state index contributed by atoms with van der Waals surface area (Å²) in [6, 6.07) is 0. The fourth-order valence-corrected chi connectivity index (χ4v) is 4.42. The van der Waals surface area contributed by atoms with Crippen LogP contribution >= 0.6 is 24.4 Å². The van der Waals surface area contributed by atoms with E-state index in [1.165, 1.54) is 128 Å². The molecule has 0 fully saturated rings. The number of rotatable bonds is 24. The molecule has 0 aliphatic carbocycles. The van der Waals surface area contributed by atoms with Crippen molar-refractivity contribution in [2.75, 3.05) is 13.1 Å². The Kier molecular flexibility index (Phi) is 31.8. The normalized spacial score (nSPS) is 10.5. The molecule has 0 spiro atoms. The van der Waals surface area contributed by atoms with Crippen LogP contribution in [0.5, 0.6) is 0 Å². The van der Waals surface area contributed by atoms with Gasteiger partial charge in [-0.25, -0.2) is 0 Å². The molecule has 0 aromatic heterocycles. The topological polar surface area (TPSA) is 69.7 Å². The van der Waals surface area contributed by atoms with Gasteiger partial charge in [-0.15, -0.1) is 0 Å². The summed E-state index contributed by atoms with van der Waals surface area (Å²) in [6.45, 7) is 6.43. The summed E-state index contributed by atoms with van der Waals surface area (Å²) in [6.07, 6.45) is 29.9. The van der Waals surface area contributed by atoms with Crippen LogP contribution in [0.4, 0.5) is 0 Å². The molecule has 4 nitrogen and oxygen atoms in total. The number of hydrogen-bond acceptors (Lipinski definition) is 2.